The zero-order valence-electron chi connectivity index (χ0n) is 11.0. The van der Waals surface area contributed by atoms with E-state index >= 15 is 0 Å². The normalized spacial score (nSPS) is 22.3. The van der Waals surface area contributed by atoms with Gasteiger partial charge in [0.15, 0.2) is 0 Å². The van der Waals surface area contributed by atoms with Crippen molar-refractivity contribution in [2.75, 3.05) is 19.6 Å². The van der Waals surface area contributed by atoms with Gasteiger partial charge in [0.2, 0.25) is 0 Å². The molecule has 18 heavy (non-hydrogen) atoms. The molecule has 1 saturated carbocycles. The maximum atomic E-state index is 12.0. The topological polar surface area (TPSA) is 64.4 Å². The highest BCUT2D eigenvalue weighted by atomic mass is 16.2. The number of rotatable bonds is 4. The van der Waals surface area contributed by atoms with Gasteiger partial charge in [0.25, 0.3) is 0 Å². The number of nitrogens with zero attached hydrogens (tertiary/aromatic N) is 3. The van der Waals surface area contributed by atoms with Crippen LogP contribution in [0.25, 0.3) is 0 Å². The minimum Gasteiger partial charge on any atom is -0.332 e. The predicted octanol–water partition coefficient (Wildman–Crippen LogP) is 0.759. The van der Waals surface area contributed by atoms with Gasteiger partial charge in [0.05, 0.1) is 6.07 Å². The summed E-state index contributed by atoms with van der Waals surface area (Å²) >= 11 is 0. The molecule has 2 amide bonds. The molecule has 0 atom stereocenters. The van der Waals surface area contributed by atoms with Crippen molar-refractivity contribution in [2.45, 2.75) is 39.2 Å². The molecule has 0 spiro atoms. The number of carbonyl (C=O) groups is 2. The summed E-state index contributed by atoms with van der Waals surface area (Å²) in [4.78, 5) is 27.2. The Kier molecular flexibility index (Phi) is 3.29. The lowest BCUT2D eigenvalue weighted by atomic mass is 10.0. The monoisotopic (exact) mass is 249 g/mol. The Hall–Kier alpha value is -1.57. The molecule has 0 bridgehead atoms. The molecule has 0 aromatic rings. The summed E-state index contributed by atoms with van der Waals surface area (Å²) in [7, 11) is 0. The van der Waals surface area contributed by atoms with Gasteiger partial charge in [-0.15, -0.1) is 0 Å². The number of carbonyl (C=O) groups excluding carboxylic acids is 2. The highest BCUT2D eigenvalue weighted by molar-refractivity contribution is 6.35. The quantitative estimate of drug-likeness (QED) is 0.691. The molecule has 2 rings (SSSR count). The summed E-state index contributed by atoms with van der Waals surface area (Å²) in [6.45, 7) is 5.59. The average molecular weight is 249 g/mol. The summed E-state index contributed by atoms with van der Waals surface area (Å²) in [6.07, 6.45) is 2.47. The first kappa shape index (κ1) is 12.9. The molecule has 2 fully saturated rings. The lowest BCUT2D eigenvalue weighted by Gasteiger charge is -2.37. The number of hydrogen-bond acceptors (Lipinski definition) is 3. The first-order chi connectivity index (χ1) is 8.49. The lowest BCUT2D eigenvalue weighted by Crippen LogP contribution is -2.57. The first-order valence-corrected chi connectivity index (χ1v) is 6.46. The number of nitriles is 1. The Morgan fingerprint density at radius 2 is 1.94 bits per heavy atom. The van der Waals surface area contributed by atoms with Gasteiger partial charge in [-0.1, -0.05) is 0 Å². The largest absolute Gasteiger partial charge is 0.332 e. The molecular formula is C13H19N3O2. The van der Waals surface area contributed by atoms with Crippen LogP contribution in [0, 0.1) is 16.7 Å². The fraction of sp³-hybridized carbons (Fsp3) is 0.769. The molecule has 1 saturated heterocycles. The molecule has 1 aliphatic carbocycles. The van der Waals surface area contributed by atoms with Gasteiger partial charge < -0.3 is 9.80 Å². The van der Waals surface area contributed by atoms with Gasteiger partial charge in [-0.3, -0.25) is 9.59 Å². The van der Waals surface area contributed by atoms with Gasteiger partial charge in [-0.25, -0.2) is 0 Å². The molecule has 2 aliphatic rings. The standard InChI is InChI=1S/C13H19N3O2/c1-10(2)16-8-7-15(11(17)12(16)18)9-13(3-4-13)5-6-14/h10H,3-5,7-9H2,1-2H3. The molecule has 5 heteroatoms. The van der Waals surface area contributed by atoms with Crippen molar-refractivity contribution in [1.82, 2.24) is 9.80 Å². The fourth-order valence-corrected chi connectivity index (χ4v) is 2.47. The van der Waals surface area contributed by atoms with E-state index in [-0.39, 0.29) is 11.5 Å². The molecular weight excluding hydrogens is 230 g/mol. The van der Waals surface area contributed by atoms with Gasteiger partial charge in [0.1, 0.15) is 0 Å². The second-order valence-electron chi connectivity index (χ2n) is 5.65. The van der Waals surface area contributed by atoms with E-state index in [9.17, 15) is 9.59 Å². The summed E-state index contributed by atoms with van der Waals surface area (Å²) in [5.74, 6) is -0.803. The van der Waals surface area contributed by atoms with Gasteiger partial charge in [-0.05, 0) is 26.7 Å². The molecule has 0 aromatic heterocycles. The van der Waals surface area contributed by atoms with Gasteiger partial charge >= 0.3 is 11.8 Å². The minimum atomic E-state index is -0.404. The Balaban J connectivity index is 1.99. The van der Waals surface area contributed by atoms with Crippen LogP contribution in [-0.4, -0.2) is 47.3 Å². The summed E-state index contributed by atoms with van der Waals surface area (Å²) < 4.78 is 0. The Morgan fingerprint density at radius 3 is 2.44 bits per heavy atom. The van der Waals surface area contributed by atoms with Crippen LogP contribution in [-0.2, 0) is 9.59 Å². The molecule has 0 unspecified atom stereocenters. The van der Waals surface area contributed by atoms with Gasteiger partial charge in [0, 0.05) is 37.5 Å². The van der Waals surface area contributed by atoms with Crippen molar-refractivity contribution in [3.63, 3.8) is 0 Å². The third-order valence-electron chi connectivity index (χ3n) is 3.90. The second-order valence-corrected chi connectivity index (χ2v) is 5.65. The molecule has 5 nitrogen and oxygen atoms in total. The van der Waals surface area contributed by atoms with Crippen molar-refractivity contribution in [2.24, 2.45) is 5.41 Å². The Bertz CT molecular complexity index is 407. The summed E-state index contributed by atoms with van der Waals surface area (Å²) in [6, 6.07) is 2.25. The zero-order valence-corrected chi connectivity index (χ0v) is 11.0. The molecule has 0 radical (unpaired) electrons. The predicted molar refractivity (Wildman–Crippen MR) is 65.3 cm³/mol. The van der Waals surface area contributed by atoms with Crippen LogP contribution in [0.2, 0.25) is 0 Å². The SMILES string of the molecule is CC(C)N1CCN(CC2(CC#N)CC2)C(=O)C1=O. The third-order valence-corrected chi connectivity index (χ3v) is 3.90. The fourth-order valence-electron chi connectivity index (χ4n) is 2.47. The molecule has 1 aliphatic heterocycles. The van der Waals surface area contributed by atoms with E-state index in [1.54, 1.807) is 9.80 Å². The van der Waals surface area contributed by atoms with E-state index in [0.29, 0.717) is 26.1 Å². The Labute approximate surface area is 107 Å². The summed E-state index contributed by atoms with van der Waals surface area (Å²) in [5, 5.41) is 8.78. The first-order valence-electron chi connectivity index (χ1n) is 6.46. The van der Waals surface area contributed by atoms with Crippen molar-refractivity contribution >= 4 is 11.8 Å². The number of hydrogen-bond donors (Lipinski definition) is 0. The van der Waals surface area contributed by atoms with Crippen LogP contribution in [0.5, 0.6) is 0 Å². The second kappa shape index (κ2) is 4.60. The average Bonchev–Trinajstić information content (AvgIpc) is 3.05. The van der Waals surface area contributed by atoms with E-state index in [2.05, 4.69) is 6.07 Å². The van der Waals surface area contributed by atoms with Crippen LogP contribution >= 0.6 is 0 Å². The van der Waals surface area contributed by atoms with Crippen LogP contribution in [0.4, 0.5) is 0 Å². The summed E-state index contributed by atoms with van der Waals surface area (Å²) in [5.41, 5.74) is -0.0231. The molecule has 0 aromatic carbocycles. The number of amides is 2. The van der Waals surface area contributed by atoms with Crippen molar-refractivity contribution in [1.29, 1.82) is 5.26 Å². The zero-order chi connectivity index (χ0) is 13.3. The van der Waals surface area contributed by atoms with E-state index in [0.717, 1.165) is 12.8 Å². The van der Waals surface area contributed by atoms with Gasteiger partial charge in [-0.2, -0.15) is 5.26 Å². The number of piperazine rings is 1. The highest BCUT2D eigenvalue weighted by Crippen LogP contribution is 2.49. The lowest BCUT2D eigenvalue weighted by molar-refractivity contribution is -0.157. The maximum absolute atomic E-state index is 12.0. The minimum absolute atomic E-state index is 0.0231. The van der Waals surface area contributed by atoms with Crippen LogP contribution in [0.1, 0.15) is 33.1 Å². The van der Waals surface area contributed by atoms with Crippen LogP contribution in [0.15, 0.2) is 0 Å². The van der Waals surface area contributed by atoms with E-state index < -0.39 is 11.8 Å². The van der Waals surface area contributed by atoms with E-state index in [4.69, 9.17) is 5.26 Å². The van der Waals surface area contributed by atoms with Crippen LogP contribution < -0.4 is 0 Å². The van der Waals surface area contributed by atoms with Crippen LogP contribution in [0.3, 0.4) is 0 Å². The molecule has 98 valence electrons. The molecule has 0 N–H and O–H groups in total. The van der Waals surface area contributed by atoms with E-state index in [1.165, 1.54) is 0 Å². The van der Waals surface area contributed by atoms with Crippen molar-refractivity contribution in [3.8, 4) is 6.07 Å². The smallest absolute Gasteiger partial charge is 0.312 e. The maximum Gasteiger partial charge on any atom is 0.312 e. The van der Waals surface area contributed by atoms with E-state index in [1.807, 2.05) is 13.8 Å². The molecule has 1 heterocycles. The Morgan fingerprint density at radius 1 is 1.28 bits per heavy atom. The van der Waals surface area contributed by atoms with Crippen molar-refractivity contribution in [3.05, 3.63) is 0 Å². The van der Waals surface area contributed by atoms with Crippen molar-refractivity contribution < 1.29 is 9.59 Å². The highest BCUT2D eigenvalue weighted by Gasteiger charge is 2.46. The third kappa shape index (κ3) is 2.33.